The summed E-state index contributed by atoms with van der Waals surface area (Å²) in [5, 5.41) is 3.86. The zero-order valence-electron chi connectivity index (χ0n) is 16.3. The average Bonchev–Trinajstić information content (AvgIpc) is 2.73. The third-order valence-electron chi connectivity index (χ3n) is 5.34. The lowest BCUT2D eigenvalue weighted by atomic mass is 9.83. The van der Waals surface area contributed by atoms with Crippen molar-refractivity contribution in [2.45, 2.75) is 103 Å². The van der Waals surface area contributed by atoms with E-state index < -0.39 is 5.60 Å². The van der Waals surface area contributed by atoms with E-state index in [-0.39, 0.29) is 6.09 Å². The summed E-state index contributed by atoms with van der Waals surface area (Å²) in [6.07, 6.45) is 11.3. The molecule has 0 spiro atoms. The fourth-order valence-electron chi connectivity index (χ4n) is 4.13. The molecule has 0 bridgehead atoms. The molecule has 1 saturated heterocycles. The predicted molar refractivity (Wildman–Crippen MR) is 99.2 cm³/mol. The second-order valence-corrected chi connectivity index (χ2v) is 8.79. The minimum absolute atomic E-state index is 0.150. The van der Waals surface area contributed by atoms with E-state index in [0.29, 0.717) is 12.1 Å². The highest BCUT2D eigenvalue weighted by Gasteiger charge is 2.28. The highest BCUT2D eigenvalue weighted by molar-refractivity contribution is 5.68. The van der Waals surface area contributed by atoms with Gasteiger partial charge in [0.15, 0.2) is 0 Å². The van der Waals surface area contributed by atoms with Gasteiger partial charge in [0.2, 0.25) is 0 Å². The van der Waals surface area contributed by atoms with E-state index in [9.17, 15) is 4.79 Å². The van der Waals surface area contributed by atoms with E-state index in [2.05, 4.69) is 12.2 Å². The third-order valence-corrected chi connectivity index (χ3v) is 5.34. The van der Waals surface area contributed by atoms with Gasteiger partial charge in [-0.3, -0.25) is 0 Å². The Labute approximate surface area is 148 Å². The Hall–Kier alpha value is -0.770. The SMILES string of the molecule is CCCC1CCC(NC2CCCCN(C(=O)OC(C)(C)C)C2)CC1. The molecule has 1 unspecified atom stereocenters. The molecule has 4 heteroatoms. The van der Waals surface area contributed by atoms with Gasteiger partial charge in [-0.05, 0) is 65.2 Å². The van der Waals surface area contributed by atoms with E-state index in [1.165, 1.54) is 51.4 Å². The number of rotatable bonds is 4. The molecular weight excluding hydrogens is 300 g/mol. The Morgan fingerprint density at radius 2 is 1.79 bits per heavy atom. The van der Waals surface area contributed by atoms with Crippen molar-refractivity contribution in [1.82, 2.24) is 10.2 Å². The van der Waals surface area contributed by atoms with Gasteiger partial charge in [-0.15, -0.1) is 0 Å². The fourth-order valence-corrected chi connectivity index (χ4v) is 4.13. The smallest absolute Gasteiger partial charge is 0.410 e. The Morgan fingerprint density at radius 3 is 2.42 bits per heavy atom. The molecule has 0 aromatic heterocycles. The number of hydrogen-bond acceptors (Lipinski definition) is 3. The number of nitrogens with zero attached hydrogens (tertiary/aromatic N) is 1. The maximum Gasteiger partial charge on any atom is 0.410 e. The number of likely N-dealkylation sites (tertiary alicyclic amines) is 1. The summed E-state index contributed by atoms with van der Waals surface area (Å²) in [7, 11) is 0. The Kier molecular flexibility index (Phi) is 7.39. The second kappa shape index (κ2) is 9.07. The number of carbonyl (C=O) groups excluding carboxylic acids is 1. The van der Waals surface area contributed by atoms with Gasteiger partial charge in [0.1, 0.15) is 5.60 Å². The average molecular weight is 339 g/mol. The van der Waals surface area contributed by atoms with Gasteiger partial charge in [-0.2, -0.15) is 0 Å². The zero-order valence-corrected chi connectivity index (χ0v) is 16.3. The van der Waals surface area contributed by atoms with Crippen LogP contribution in [-0.2, 0) is 4.74 Å². The van der Waals surface area contributed by atoms with Crippen molar-refractivity contribution in [1.29, 1.82) is 0 Å². The summed E-state index contributed by atoms with van der Waals surface area (Å²) in [4.78, 5) is 14.3. The standard InChI is InChI=1S/C20H38N2O2/c1-5-8-16-10-12-17(13-11-16)21-18-9-6-7-14-22(15-18)19(23)24-20(2,3)4/h16-18,21H,5-15H2,1-4H3. The maximum absolute atomic E-state index is 12.4. The first-order chi connectivity index (χ1) is 11.4. The molecule has 0 aromatic rings. The van der Waals surface area contributed by atoms with Crippen LogP contribution in [0.3, 0.4) is 0 Å². The van der Waals surface area contributed by atoms with Gasteiger partial charge in [-0.25, -0.2) is 4.79 Å². The summed E-state index contributed by atoms with van der Waals surface area (Å²) < 4.78 is 5.57. The van der Waals surface area contributed by atoms with Crippen molar-refractivity contribution in [2.75, 3.05) is 13.1 Å². The molecule has 4 nitrogen and oxygen atoms in total. The topological polar surface area (TPSA) is 41.6 Å². The molecule has 1 heterocycles. The van der Waals surface area contributed by atoms with Crippen molar-refractivity contribution >= 4 is 6.09 Å². The quantitative estimate of drug-likeness (QED) is 0.806. The van der Waals surface area contributed by atoms with E-state index in [4.69, 9.17) is 4.74 Å². The number of amides is 1. The molecule has 1 N–H and O–H groups in total. The summed E-state index contributed by atoms with van der Waals surface area (Å²) in [5.41, 5.74) is -0.413. The molecule has 2 rings (SSSR count). The monoisotopic (exact) mass is 338 g/mol. The molecule has 1 saturated carbocycles. The Balaban J connectivity index is 1.81. The highest BCUT2D eigenvalue weighted by Crippen LogP contribution is 2.28. The molecule has 0 radical (unpaired) electrons. The summed E-state index contributed by atoms with van der Waals surface area (Å²) in [6, 6.07) is 1.06. The van der Waals surface area contributed by atoms with Crippen LogP contribution in [0.4, 0.5) is 4.79 Å². The van der Waals surface area contributed by atoms with Crippen LogP contribution in [0.15, 0.2) is 0 Å². The van der Waals surface area contributed by atoms with Gasteiger partial charge < -0.3 is 15.0 Å². The second-order valence-electron chi connectivity index (χ2n) is 8.79. The maximum atomic E-state index is 12.4. The van der Waals surface area contributed by atoms with Gasteiger partial charge in [-0.1, -0.05) is 26.2 Å². The van der Waals surface area contributed by atoms with Gasteiger partial charge >= 0.3 is 6.09 Å². The number of hydrogen-bond donors (Lipinski definition) is 1. The fraction of sp³-hybridized carbons (Fsp3) is 0.950. The van der Waals surface area contributed by atoms with Crippen LogP contribution >= 0.6 is 0 Å². The normalized spacial score (nSPS) is 29.2. The van der Waals surface area contributed by atoms with E-state index in [1.54, 1.807) is 0 Å². The van der Waals surface area contributed by atoms with Crippen LogP contribution in [0.5, 0.6) is 0 Å². The first-order valence-corrected chi connectivity index (χ1v) is 10.1. The molecular formula is C20H38N2O2. The minimum Gasteiger partial charge on any atom is -0.444 e. The molecule has 2 aliphatic rings. The number of nitrogens with one attached hydrogen (secondary N) is 1. The van der Waals surface area contributed by atoms with Crippen LogP contribution < -0.4 is 5.32 Å². The van der Waals surface area contributed by atoms with Gasteiger partial charge in [0, 0.05) is 25.2 Å². The van der Waals surface area contributed by atoms with Gasteiger partial charge in [0.05, 0.1) is 0 Å². The largest absolute Gasteiger partial charge is 0.444 e. The predicted octanol–water partition coefficient (Wildman–Crippen LogP) is 4.72. The van der Waals surface area contributed by atoms with Crippen LogP contribution in [0, 0.1) is 5.92 Å². The Morgan fingerprint density at radius 1 is 1.08 bits per heavy atom. The molecule has 1 aliphatic carbocycles. The molecule has 1 aliphatic heterocycles. The van der Waals surface area contributed by atoms with Crippen LogP contribution in [0.2, 0.25) is 0 Å². The Bertz CT molecular complexity index is 384. The van der Waals surface area contributed by atoms with Crippen LogP contribution in [0.1, 0.15) is 85.5 Å². The van der Waals surface area contributed by atoms with E-state index >= 15 is 0 Å². The van der Waals surface area contributed by atoms with E-state index in [1.807, 2.05) is 25.7 Å². The van der Waals surface area contributed by atoms with Crippen molar-refractivity contribution in [3.63, 3.8) is 0 Å². The lowest BCUT2D eigenvalue weighted by molar-refractivity contribution is 0.0240. The molecule has 0 aromatic carbocycles. The van der Waals surface area contributed by atoms with Crippen molar-refractivity contribution in [2.24, 2.45) is 5.92 Å². The van der Waals surface area contributed by atoms with Crippen molar-refractivity contribution < 1.29 is 9.53 Å². The third kappa shape index (κ3) is 6.62. The molecule has 1 atom stereocenters. The molecule has 140 valence electrons. The number of ether oxygens (including phenoxy) is 1. The van der Waals surface area contributed by atoms with Crippen LogP contribution in [-0.4, -0.2) is 41.8 Å². The van der Waals surface area contributed by atoms with Gasteiger partial charge in [0.25, 0.3) is 0 Å². The summed E-state index contributed by atoms with van der Waals surface area (Å²) >= 11 is 0. The van der Waals surface area contributed by atoms with Crippen molar-refractivity contribution in [3.05, 3.63) is 0 Å². The highest BCUT2D eigenvalue weighted by atomic mass is 16.6. The summed E-state index contributed by atoms with van der Waals surface area (Å²) in [5.74, 6) is 0.945. The first kappa shape index (κ1) is 19.6. The lowest BCUT2D eigenvalue weighted by Gasteiger charge is -2.33. The van der Waals surface area contributed by atoms with Crippen LogP contribution in [0.25, 0.3) is 0 Å². The molecule has 1 amide bonds. The zero-order chi connectivity index (χ0) is 17.6. The summed E-state index contributed by atoms with van der Waals surface area (Å²) in [6.45, 7) is 9.73. The molecule has 2 fully saturated rings. The lowest BCUT2D eigenvalue weighted by Crippen LogP contribution is -2.48. The van der Waals surface area contributed by atoms with E-state index in [0.717, 1.165) is 25.4 Å². The minimum atomic E-state index is -0.413. The molecule has 24 heavy (non-hydrogen) atoms. The first-order valence-electron chi connectivity index (χ1n) is 10.1. The van der Waals surface area contributed by atoms with Crippen molar-refractivity contribution in [3.8, 4) is 0 Å². The number of carbonyl (C=O) groups is 1.